The average molecular weight is 411 g/mol. The van der Waals surface area contributed by atoms with Crippen molar-refractivity contribution in [2.45, 2.75) is 18.4 Å². The summed E-state index contributed by atoms with van der Waals surface area (Å²) in [6, 6.07) is 9.55. The highest BCUT2D eigenvalue weighted by atomic mass is 32.2. The van der Waals surface area contributed by atoms with Crippen LogP contribution in [0.5, 0.6) is 0 Å². The van der Waals surface area contributed by atoms with Crippen molar-refractivity contribution in [1.29, 1.82) is 0 Å². The van der Waals surface area contributed by atoms with E-state index in [1.54, 1.807) is 22.3 Å². The van der Waals surface area contributed by atoms with Gasteiger partial charge in [0.25, 0.3) is 0 Å². The molecule has 2 amide bonds. The molecule has 0 aliphatic carbocycles. The average Bonchev–Trinajstić information content (AvgIpc) is 3.12. The molecule has 10 heteroatoms. The number of nitrogens with one attached hydrogen (secondary N) is 2. The normalized spacial score (nSPS) is 11.4. The summed E-state index contributed by atoms with van der Waals surface area (Å²) in [5.74, 6) is -0.524. The molecule has 0 saturated carbocycles. The summed E-state index contributed by atoms with van der Waals surface area (Å²) in [7, 11) is -3.84. The van der Waals surface area contributed by atoms with Crippen LogP contribution >= 0.6 is 11.3 Å². The lowest BCUT2D eigenvalue weighted by Gasteiger charge is -2.19. The summed E-state index contributed by atoms with van der Waals surface area (Å²) in [5, 5.41) is 12.5. The standard InChI is InChI=1S/C17H22N4O4S2/c1-2-21(11-16(22)19-10-14-6-4-8-26-14)12-17(23)20-13-5-3-7-15(9-13)27(18,24)25/h3-9H,2,10-12H2,1H3,(H,19,22)(H,20,23)(H2,18,24,25). The lowest BCUT2D eigenvalue weighted by molar-refractivity contribution is -0.123. The molecule has 0 unspecified atom stereocenters. The molecule has 0 bridgehead atoms. The van der Waals surface area contributed by atoms with E-state index in [1.807, 2.05) is 24.4 Å². The molecule has 1 aromatic carbocycles. The number of likely N-dealkylation sites (N-methyl/N-ethyl adjacent to an activating group) is 1. The number of nitrogens with two attached hydrogens (primary N) is 1. The van der Waals surface area contributed by atoms with Crippen LogP contribution in [0.1, 0.15) is 11.8 Å². The summed E-state index contributed by atoms with van der Waals surface area (Å²) in [4.78, 5) is 26.9. The van der Waals surface area contributed by atoms with Gasteiger partial charge in [0.05, 0.1) is 24.5 Å². The molecule has 0 saturated heterocycles. The Morgan fingerprint density at radius 1 is 1.15 bits per heavy atom. The van der Waals surface area contributed by atoms with Crippen LogP contribution in [0.3, 0.4) is 0 Å². The molecule has 27 heavy (non-hydrogen) atoms. The molecule has 2 aromatic rings. The number of hydrogen-bond acceptors (Lipinski definition) is 6. The zero-order valence-electron chi connectivity index (χ0n) is 14.8. The Morgan fingerprint density at radius 2 is 1.89 bits per heavy atom. The fraction of sp³-hybridized carbons (Fsp3) is 0.294. The van der Waals surface area contributed by atoms with E-state index in [4.69, 9.17) is 5.14 Å². The predicted molar refractivity (Wildman–Crippen MR) is 105 cm³/mol. The van der Waals surface area contributed by atoms with Crippen LogP contribution in [-0.4, -0.2) is 44.8 Å². The number of rotatable bonds is 9. The summed E-state index contributed by atoms with van der Waals surface area (Å²) in [6.45, 7) is 2.91. The molecule has 0 aliphatic heterocycles. The van der Waals surface area contributed by atoms with Gasteiger partial charge in [0.1, 0.15) is 0 Å². The number of benzene rings is 1. The monoisotopic (exact) mass is 410 g/mol. The van der Waals surface area contributed by atoms with Crippen LogP contribution in [0.25, 0.3) is 0 Å². The first-order chi connectivity index (χ1) is 12.8. The van der Waals surface area contributed by atoms with Crippen molar-refractivity contribution in [2.75, 3.05) is 25.0 Å². The van der Waals surface area contributed by atoms with Crippen molar-refractivity contribution in [2.24, 2.45) is 5.14 Å². The van der Waals surface area contributed by atoms with Gasteiger partial charge in [0, 0.05) is 10.6 Å². The van der Waals surface area contributed by atoms with Gasteiger partial charge in [0.15, 0.2) is 0 Å². The van der Waals surface area contributed by atoms with E-state index in [1.165, 1.54) is 18.2 Å². The molecule has 1 aromatic heterocycles. The third-order valence-corrected chi connectivity index (χ3v) is 5.46. The van der Waals surface area contributed by atoms with Crippen molar-refractivity contribution in [3.63, 3.8) is 0 Å². The fourth-order valence-electron chi connectivity index (χ4n) is 2.29. The first-order valence-corrected chi connectivity index (χ1v) is 10.6. The van der Waals surface area contributed by atoms with Crippen molar-refractivity contribution >= 4 is 38.9 Å². The smallest absolute Gasteiger partial charge is 0.238 e. The molecule has 0 atom stereocenters. The van der Waals surface area contributed by atoms with Crippen molar-refractivity contribution in [1.82, 2.24) is 10.2 Å². The number of hydrogen-bond donors (Lipinski definition) is 3. The maximum Gasteiger partial charge on any atom is 0.238 e. The number of carbonyl (C=O) groups excluding carboxylic acids is 2. The van der Waals surface area contributed by atoms with Crippen molar-refractivity contribution < 1.29 is 18.0 Å². The number of carbonyl (C=O) groups is 2. The van der Waals surface area contributed by atoms with E-state index in [-0.39, 0.29) is 29.8 Å². The van der Waals surface area contributed by atoms with Gasteiger partial charge in [-0.2, -0.15) is 0 Å². The first kappa shape index (κ1) is 21.0. The van der Waals surface area contributed by atoms with Crippen molar-refractivity contribution in [3.05, 3.63) is 46.7 Å². The van der Waals surface area contributed by atoms with Crippen LogP contribution in [-0.2, 0) is 26.2 Å². The Labute approximate surface area is 162 Å². The molecule has 0 fully saturated rings. The predicted octanol–water partition coefficient (Wildman–Crippen LogP) is 0.972. The van der Waals surface area contributed by atoms with Crippen LogP contribution < -0.4 is 15.8 Å². The highest BCUT2D eigenvalue weighted by molar-refractivity contribution is 7.89. The minimum absolute atomic E-state index is 0.00250. The molecule has 0 radical (unpaired) electrons. The molecule has 4 N–H and O–H groups in total. The quantitative estimate of drug-likeness (QED) is 0.569. The zero-order valence-corrected chi connectivity index (χ0v) is 16.5. The van der Waals surface area contributed by atoms with E-state index in [2.05, 4.69) is 10.6 Å². The molecular weight excluding hydrogens is 388 g/mol. The molecule has 0 spiro atoms. The number of anilines is 1. The number of amides is 2. The second kappa shape index (κ2) is 9.60. The van der Waals surface area contributed by atoms with Gasteiger partial charge in [-0.05, 0) is 36.2 Å². The number of thiophene rings is 1. The summed E-state index contributed by atoms with van der Waals surface area (Å²) < 4.78 is 22.8. The largest absolute Gasteiger partial charge is 0.350 e. The Kier molecular flexibility index (Phi) is 7.48. The van der Waals surface area contributed by atoms with Crippen LogP contribution in [0.15, 0.2) is 46.7 Å². The van der Waals surface area contributed by atoms with Gasteiger partial charge >= 0.3 is 0 Å². The summed E-state index contributed by atoms with van der Waals surface area (Å²) >= 11 is 1.56. The van der Waals surface area contributed by atoms with Crippen LogP contribution in [0.2, 0.25) is 0 Å². The Balaban J connectivity index is 1.86. The highest BCUT2D eigenvalue weighted by Crippen LogP contribution is 2.14. The van der Waals surface area contributed by atoms with Gasteiger partial charge in [-0.25, -0.2) is 13.6 Å². The lowest BCUT2D eigenvalue weighted by Crippen LogP contribution is -2.40. The number of nitrogens with zero attached hydrogens (tertiary/aromatic N) is 1. The number of primary sulfonamides is 1. The second-order valence-corrected chi connectivity index (χ2v) is 8.37. The lowest BCUT2D eigenvalue weighted by atomic mass is 10.3. The van der Waals surface area contributed by atoms with Crippen LogP contribution in [0.4, 0.5) is 5.69 Å². The van der Waals surface area contributed by atoms with E-state index in [0.717, 1.165) is 4.88 Å². The Morgan fingerprint density at radius 3 is 2.52 bits per heavy atom. The van der Waals surface area contributed by atoms with E-state index >= 15 is 0 Å². The summed E-state index contributed by atoms with van der Waals surface area (Å²) in [6.07, 6.45) is 0. The molecule has 2 rings (SSSR count). The molecule has 1 heterocycles. The maximum atomic E-state index is 12.2. The van der Waals surface area contributed by atoms with Gasteiger partial charge < -0.3 is 10.6 Å². The minimum atomic E-state index is -3.84. The van der Waals surface area contributed by atoms with Gasteiger partial charge in [-0.15, -0.1) is 11.3 Å². The zero-order chi connectivity index (χ0) is 19.9. The molecule has 0 aliphatic rings. The van der Waals surface area contributed by atoms with Gasteiger partial charge in [-0.3, -0.25) is 14.5 Å². The first-order valence-electron chi connectivity index (χ1n) is 8.22. The molecule has 146 valence electrons. The van der Waals surface area contributed by atoms with E-state index in [9.17, 15) is 18.0 Å². The maximum absolute atomic E-state index is 12.2. The topological polar surface area (TPSA) is 122 Å². The van der Waals surface area contributed by atoms with E-state index < -0.39 is 10.0 Å². The highest BCUT2D eigenvalue weighted by Gasteiger charge is 2.14. The Hall–Kier alpha value is -2.27. The summed E-state index contributed by atoms with van der Waals surface area (Å²) in [5.41, 5.74) is 0.324. The third kappa shape index (κ3) is 7.10. The fourth-order valence-corrected chi connectivity index (χ4v) is 3.50. The van der Waals surface area contributed by atoms with E-state index in [0.29, 0.717) is 18.8 Å². The van der Waals surface area contributed by atoms with Crippen molar-refractivity contribution in [3.8, 4) is 0 Å². The second-order valence-electron chi connectivity index (χ2n) is 5.78. The Bertz CT molecular complexity index is 882. The molecular formula is C17H22N4O4S2. The SMILES string of the molecule is CCN(CC(=O)NCc1cccs1)CC(=O)Nc1cccc(S(N)(=O)=O)c1. The molecule has 8 nitrogen and oxygen atoms in total. The van der Waals surface area contributed by atoms with Gasteiger partial charge in [-0.1, -0.05) is 19.1 Å². The van der Waals surface area contributed by atoms with Gasteiger partial charge in [0.2, 0.25) is 21.8 Å². The third-order valence-electron chi connectivity index (χ3n) is 3.67. The number of sulfonamides is 1. The van der Waals surface area contributed by atoms with Crippen LogP contribution in [0, 0.1) is 0 Å². The minimum Gasteiger partial charge on any atom is -0.350 e.